The first-order valence-corrected chi connectivity index (χ1v) is 10.3. The van der Waals surface area contributed by atoms with Crippen molar-refractivity contribution >= 4 is 68.1 Å². The molecule has 2 aliphatic rings. The number of fused-ring (bicyclic) bond motifs is 1. The predicted octanol–water partition coefficient (Wildman–Crippen LogP) is 2.59. The third kappa shape index (κ3) is 3.00. The summed E-state index contributed by atoms with van der Waals surface area (Å²) in [5.41, 5.74) is -0.483. The Balaban J connectivity index is 2.06. The van der Waals surface area contributed by atoms with Crippen molar-refractivity contribution in [2.45, 2.75) is 17.8 Å². The van der Waals surface area contributed by atoms with E-state index in [1.165, 1.54) is 11.9 Å². The van der Waals surface area contributed by atoms with E-state index in [9.17, 15) is 22.4 Å². The summed E-state index contributed by atoms with van der Waals surface area (Å²) in [5.74, 6) is -1.55. The summed E-state index contributed by atoms with van der Waals surface area (Å²) < 4.78 is 39.2. The first-order chi connectivity index (χ1) is 12.1. The van der Waals surface area contributed by atoms with Crippen molar-refractivity contribution < 1.29 is 22.4 Å². The molecule has 7 nitrogen and oxygen atoms in total. The fourth-order valence-corrected chi connectivity index (χ4v) is 4.67. The third-order valence-electron chi connectivity index (χ3n) is 4.34. The zero-order valence-electron chi connectivity index (χ0n) is 13.3. The molecule has 1 aromatic carbocycles. The number of imide groups is 1. The van der Waals surface area contributed by atoms with Gasteiger partial charge in [-0.1, -0.05) is 11.6 Å². The number of alkyl halides is 2. The van der Waals surface area contributed by atoms with Crippen molar-refractivity contribution in [3.05, 3.63) is 23.0 Å². The van der Waals surface area contributed by atoms with Crippen LogP contribution >= 0.6 is 34.8 Å². The van der Waals surface area contributed by atoms with Crippen LogP contribution in [0.4, 0.5) is 20.6 Å². The number of carbonyl (C=O) groups is 2. The lowest BCUT2D eigenvalue weighted by Gasteiger charge is -2.23. The predicted molar refractivity (Wildman–Crippen MR) is 97.1 cm³/mol. The van der Waals surface area contributed by atoms with E-state index in [2.05, 4.69) is 0 Å². The molecule has 0 spiro atoms. The Kier molecular flexibility index (Phi) is 5.02. The van der Waals surface area contributed by atoms with Crippen LogP contribution < -0.4 is 9.21 Å². The van der Waals surface area contributed by atoms with Crippen molar-refractivity contribution in [3.8, 4) is 0 Å². The normalized spacial score (nSPS) is 23.0. The highest BCUT2D eigenvalue weighted by molar-refractivity contribution is 7.93. The quantitative estimate of drug-likeness (QED) is 0.528. The summed E-state index contributed by atoms with van der Waals surface area (Å²) in [4.78, 5) is 27.1. The van der Waals surface area contributed by atoms with E-state index < -0.39 is 39.0 Å². The lowest BCUT2D eigenvalue weighted by molar-refractivity contribution is -0.119. The fraction of sp³-hybridized carbons (Fsp3) is 0.429. The first kappa shape index (κ1) is 19.5. The second kappa shape index (κ2) is 6.70. The van der Waals surface area contributed by atoms with Crippen LogP contribution in [-0.4, -0.2) is 55.5 Å². The van der Waals surface area contributed by atoms with Crippen molar-refractivity contribution in [3.63, 3.8) is 0 Å². The van der Waals surface area contributed by atoms with Crippen LogP contribution in [0, 0.1) is 5.82 Å². The molecule has 0 bridgehead atoms. The lowest BCUT2D eigenvalue weighted by Crippen LogP contribution is -2.35. The molecule has 0 unspecified atom stereocenters. The average molecular weight is 445 g/mol. The first-order valence-electron chi connectivity index (χ1n) is 7.38. The Morgan fingerprint density at radius 1 is 1.35 bits per heavy atom. The second-order valence-corrected chi connectivity index (χ2v) is 9.51. The molecular weight excluding hydrogens is 432 g/mol. The molecule has 26 heavy (non-hydrogen) atoms. The van der Waals surface area contributed by atoms with Crippen molar-refractivity contribution in [2.75, 3.05) is 28.0 Å². The highest BCUT2D eigenvalue weighted by Gasteiger charge is 2.51. The standard InChI is InChI=1S/C14H13Cl3FN3O4S/c1-19(26(24,25)6-15)10-4-11(9(18)3-8(10)17)21-13(22)12-2-7(16)5-20(12)14(21)23/h3-4,7,12H,2,5-6H2,1H3/t7-,12+/m0/s1. The van der Waals surface area contributed by atoms with Gasteiger partial charge in [-0.15, -0.1) is 23.2 Å². The number of rotatable bonds is 4. The minimum absolute atomic E-state index is 0.105. The van der Waals surface area contributed by atoms with Crippen LogP contribution in [0.1, 0.15) is 6.42 Å². The minimum atomic E-state index is -3.90. The number of anilines is 2. The maximum absolute atomic E-state index is 14.5. The van der Waals surface area contributed by atoms with E-state index in [0.717, 1.165) is 16.4 Å². The van der Waals surface area contributed by atoms with Gasteiger partial charge in [0.25, 0.3) is 5.91 Å². The average Bonchev–Trinajstić information content (AvgIpc) is 3.06. The number of benzene rings is 1. The number of amides is 3. The van der Waals surface area contributed by atoms with E-state index in [1.54, 1.807) is 0 Å². The molecule has 0 N–H and O–H groups in total. The van der Waals surface area contributed by atoms with Crippen LogP contribution in [0.25, 0.3) is 0 Å². The molecule has 2 heterocycles. The van der Waals surface area contributed by atoms with Gasteiger partial charge in [0, 0.05) is 13.6 Å². The number of urea groups is 1. The third-order valence-corrected chi connectivity index (χ3v) is 7.10. The molecule has 12 heteroatoms. The summed E-state index contributed by atoms with van der Waals surface area (Å²) >= 11 is 17.4. The maximum atomic E-state index is 14.5. The number of sulfonamides is 1. The molecule has 0 aliphatic carbocycles. The Morgan fingerprint density at radius 3 is 2.58 bits per heavy atom. The molecule has 2 aliphatic heterocycles. The molecule has 0 radical (unpaired) electrons. The van der Waals surface area contributed by atoms with Gasteiger partial charge < -0.3 is 4.90 Å². The number of nitrogens with zero attached hydrogens (tertiary/aromatic N) is 3. The van der Waals surface area contributed by atoms with Crippen molar-refractivity contribution in [2.24, 2.45) is 0 Å². The van der Waals surface area contributed by atoms with Gasteiger partial charge in [0.2, 0.25) is 10.0 Å². The lowest BCUT2D eigenvalue weighted by atomic mass is 10.2. The molecule has 3 amide bonds. The Labute approximate surface area is 164 Å². The topological polar surface area (TPSA) is 78.0 Å². The minimum Gasteiger partial charge on any atom is -0.310 e. The van der Waals surface area contributed by atoms with Crippen LogP contribution in [-0.2, 0) is 14.8 Å². The van der Waals surface area contributed by atoms with Crippen molar-refractivity contribution in [1.29, 1.82) is 0 Å². The van der Waals surface area contributed by atoms with Gasteiger partial charge in [-0.05, 0) is 18.6 Å². The summed E-state index contributed by atoms with van der Waals surface area (Å²) in [6.07, 6.45) is 0.269. The van der Waals surface area contributed by atoms with E-state index in [4.69, 9.17) is 34.8 Å². The van der Waals surface area contributed by atoms with E-state index in [0.29, 0.717) is 4.90 Å². The molecule has 1 aromatic rings. The van der Waals surface area contributed by atoms with Crippen LogP contribution in [0.5, 0.6) is 0 Å². The zero-order valence-corrected chi connectivity index (χ0v) is 16.4. The Hall–Kier alpha value is -1.29. The molecule has 2 atom stereocenters. The van der Waals surface area contributed by atoms with Gasteiger partial charge in [-0.25, -0.2) is 22.5 Å². The number of hydrogen-bond acceptors (Lipinski definition) is 4. The van der Waals surface area contributed by atoms with Gasteiger partial charge in [0.15, 0.2) is 0 Å². The monoisotopic (exact) mass is 443 g/mol. The molecule has 142 valence electrons. The zero-order chi connectivity index (χ0) is 19.4. The molecule has 3 rings (SSSR count). The SMILES string of the molecule is CN(c1cc(N2C(=O)[C@H]3C[C@H](Cl)CN3C2=O)c(F)cc1Cl)S(=O)(=O)CCl. The molecule has 2 fully saturated rings. The molecule has 0 aromatic heterocycles. The van der Waals surface area contributed by atoms with Crippen LogP contribution in [0.3, 0.4) is 0 Å². The summed E-state index contributed by atoms with van der Waals surface area (Å²) in [6.45, 7) is 0.176. The van der Waals surface area contributed by atoms with Gasteiger partial charge in [-0.3, -0.25) is 9.10 Å². The Morgan fingerprint density at radius 2 is 2.00 bits per heavy atom. The molecule has 0 saturated carbocycles. The van der Waals surface area contributed by atoms with Crippen molar-refractivity contribution in [1.82, 2.24) is 4.90 Å². The summed E-state index contributed by atoms with van der Waals surface area (Å²) in [6, 6.07) is 0.421. The van der Waals surface area contributed by atoms with E-state index in [1.807, 2.05) is 0 Å². The van der Waals surface area contributed by atoms with Gasteiger partial charge in [0.1, 0.15) is 17.1 Å². The van der Waals surface area contributed by atoms with Crippen LogP contribution in [0.15, 0.2) is 12.1 Å². The highest BCUT2D eigenvalue weighted by Crippen LogP contribution is 2.38. The maximum Gasteiger partial charge on any atom is 0.332 e. The van der Waals surface area contributed by atoms with Gasteiger partial charge in [-0.2, -0.15) is 0 Å². The highest BCUT2D eigenvalue weighted by atomic mass is 35.5. The van der Waals surface area contributed by atoms with Gasteiger partial charge >= 0.3 is 6.03 Å². The largest absolute Gasteiger partial charge is 0.332 e. The number of hydrogen-bond donors (Lipinski definition) is 0. The van der Waals surface area contributed by atoms with Gasteiger partial charge in [0.05, 0.1) is 21.8 Å². The Bertz CT molecular complexity index is 874. The smallest absolute Gasteiger partial charge is 0.310 e. The van der Waals surface area contributed by atoms with Crippen LogP contribution in [0.2, 0.25) is 5.02 Å². The summed E-state index contributed by atoms with van der Waals surface area (Å²) in [5, 5.41) is -1.27. The molecular formula is C14H13Cl3FN3O4S. The second-order valence-electron chi connectivity index (χ2n) is 5.90. The summed E-state index contributed by atoms with van der Waals surface area (Å²) in [7, 11) is -2.72. The molecule has 2 saturated heterocycles. The fourth-order valence-electron chi connectivity index (χ4n) is 2.99. The number of carbonyl (C=O) groups excluding carboxylic acids is 2. The van der Waals surface area contributed by atoms with E-state index >= 15 is 0 Å². The number of halogens is 4. The van der Waals surface area contributed by atoms with E-state index in [-0.39, 0.29) is 34.7 Å².